The summed E-state index contributed by atoms with van der Waals surface area (Å²) in [5.41, 5.74) is 1.89. The number of hydrogen-bond acceptors (Lipinski definition) is 3. The molecule has 1 fully saturated rings. The van der Waals surface area contributed by atoms with Gasteiger partial charge in [0, 0.05) is 18.0 Å². The Hall–Kier alpha value is -2.28. The maximum Gasteiger partial charge on any atom is 0.245 e. The molecule has 0 saturated carbocycles. The number of aromatic nitrogens is 1. The molecule has 0 unspecified atom stereocenters. The van der Waals surface area contributed by atoms with Crippen molar-refractivity contribution in [3.63, 3.8) is 0 Å². The van der Waals surface area contributed by atoms with Crippen molar-refractivity contribution in [1.82, 2.24) is 9.29 Å². The van der Waals surface area contributed by atoms with Crippen molar-refractivity contribution in [3.05, 3.63) is 72.4 Å². The van der Waals surface area contributed by atoms with Crippen LogP contribution in [0.4, 0.5) is 0 Å². The van der Waals surface area contributed by atoms with Gasteiger partial charge in [-0.2, -0.15) is 4.31 Å². The molecule has 6 heteroatoms. The van der Waals surface area contributed by atoms with Crippen molar-refractivity contribution in [1.29, 1.82) is 0 Å². The van der Waals surface area contributed by atoms with Crippen molar-refractivity contribution in [2.24, 2.45) is 0 Å². The van der Waals surface area contributed by atoms with Gasteiger partial charge in [-0.15, -0.1) is 0 Å². The molecule has 0 spiro atoms. The lowest BCUT2D eigenvalue weighted by molar-refractivity contribution is -0.903. The fourth-order valence-electron chi connectivity index (χ4n) is 3.68. The monoisotopic (exact) mass is 382 g/mol. The summed E-state index contributed by atoms with van der Waals surface area (Å²) in [4.78, 5) is 6.08. The van der Waals surface area contributed by atoms with Gasteiger partial charge in [0.25, 0.3) is 0 Å². The van der Waals surface area contributed by atoms with Gasteiger partial charge in [0.2, 0.25) is 10.0 Å². The third-order valence-electron chi connectivity index (χ3n) is 5.25. The zero-order valence-electron chi connectivity index (χ0n) is 15.2. The molecule has 140 valence electrons. The van der Waals surface area contributed by atoms with Gasteiger partial charge < -0.3 is 4.90 Å². The summed E-state index contributed by atoms with van der Waals surface area (Å²) >= 11 is 0. The second kappa shape index (κ2) is 7.76. The molecule has 1 aliphatic heterocycles. The third kappa shape index (κ3) is 3.88. The maximum atomic E-state index is 13.2. The molecule has 27 heavy (non-hydrogen) atoms. The van der Waals surface area contributed by atoms with Crippen LogP contribution in [0.3, 0.4) is 0 Å². The smallest absolute Gasteiger partial charge is 0.245 e. The highest BCUT2D eigenvalue weighted by Gasteiger charge is 2.31. The van der Waals surface area contributed by atoms with E-state index in [0.29, 0.717) is 23.5 Å². The fourth-order valence-corrected chi connectivity index (χ4v) is 5.29. The molecular weight excluding hydrogens is 358 g/mol. The maximum absolute atomic E-state index is 13.2. The zero-order chi connectivity index (χ0) is 18.7. The molecule has 2 aromatic carbocycles. The Kier molecular flexibility index (Phi) is 5.20. The lowest BCUT2D eigenvalue weighted by Gasteiger charge is -2.31. The number of para-hydroxylation sites is 1. The summed E-state index contributed by atoms with van der Waals surface area (Å²) in [5.74, 6) is 0. The van der Waals surface area contributed by atoms with Crippen LogP contribution in [0.25, 0.3) is 10.9 Å². The van der Waals surface area contributed by atoms with Gasteiger partial charge in [0.05, 0.1) is 38.2 Å². The number of fused-ring (bicyclic) bond motifs is 1. The Morgan fingerprint density at radius 3 is 2.44 bits per heavy atom. The van der Waals surface area contributed by atoms with Gasteiger partial charge in [-0.3, -0.25) is 4.98 Å². The molecule has 0 atom stereocenters. The van der Waals surface area contributed by atoms with Crippen molar-refractivity contribution in [2.75, 3.05) is 32.7 Å². The summed E-state index contributed by atoms with van der Waals surface area (Å²) < 4.78 is 27.9. The number of rotatable bonds is 5. The van der Waals surface area contributed by atoms with Crippen LogP contribution in [0.15, 0.2) is 71.8 Å². The topological polar surface area (TPSA) is 54.7 Å². The van der Waals surface area contributed by atoms with Gasteiger partial charge in [0.15, 0.2) is 0 Å². The third-order valence-corrected chi connectivity index (χ3v) is 7.18. The van der Waals surface area contributed by atoms with Gasteiger partial charge in [-0.1, -0.05) is 48.5 Å². The second-order valence-electron chi connectivity index (χ2n) is 6.97. The number of piperazine rings is 1. The Bertz CT molecular complexity index is 1010. The van der Waals surface area contributed by atoms with E-state index in [-0.39, 0.29) is 0 Å². The molecule has 2 heterocycles. The Morgan fingerprint density at radius 1 is 0.926 bits per heavy atom. The van der Waals surface area contributed by atoms with E-state index in [4.69, 9.17) is 0 Å². The average molecular weight is 383 g/mol. The van der Waals surface area contributed by atoms with Crippen molar-refractivity contribution in [2.45, 2.75) is 11.3 Å². The first-order valence-corrected chi connectivity index (χ1v) is 10.8. The van der Waals surface area contributed by atoms with E-state index in [1.54, 1.807) is 22.6 Å². The zero-order valence-corrected chi connectivity index (χ0v) is 16.0. The number of pyridine rings is 1. The van der Waals surface area contributed by atoms with E-state index < -0.39 is 10.0 Å². The molecule has 4 rings (SSSR count). The predicted octanol–water partition coefficient (Wildman–Crippen LogP) is 1.37. The minimum Gasteiger partial charge on any atom is -0.332 e. The van der Waals surface area contributed by atoms with Gasteiger partial charge >= 0.3 is 0 Å². The van der Waals surface area contributed by atoms with Crippen LogP contribution in [0.1, 0.15) is 5.56 Å². The lowest BCUT2D eigenvalue weighted by atomic mass is 10.1. The number of hydrogen-bond donors (Lipinski definition) is 1. The first-order valence-electron chi connectivity index (χ1n) is 9.36. The van der Waals surface area contributed by atoms with Crippen molar-refractivity contribution < 1.29 is 13.3 Å². The standard InChI is InChI=1S/C21H23N3O2S/c25-27(26,20-10-4-8-19-9-5-12-22-21(19)20)24-16-14-23(15-17-24)13-11-18-6-2-1-3-7-18/h1-10,12H,11,13-17H2/p+1. The van der Waals surface area contributed by atoms with Crippen LogP contribution in [-0.4, -0.2) is 50.4 Å². The number of nitrogens with zero attached hydrogens (tertiary/aromatic N) is 2. The Morgan fingerprint density at radius 2 is 1.67 bits per heavy atom. The first kappa shape index (κ1) is 18.1. The quantitative estimate of drug-likeness (QED) is 0.725. The number of benzene rings is 2. The molecule has 0 amide bonds. The van der Waals surface area contributed by atoms with E-state index in [2.05, 4.69) is 29.2 Å². The van der Waals surface area contributed by atoms with Crippen LogP contribution in [-0.2, 0) is 16.4 Å². The molecule has 1 saturated heterocycles. The molecular formula is C21H24N3O2S+. The van der Waals surface area contributed by atoms with Crippen molar-refractivity contribution in [3.8, 4) is 0 Å². The van der Waals surface area contributed by atoms with Crippen LogP contribution in [0.5, 0.6) is 0 Å². The number of sulfonamides is 1. The summed E-state index contributed by atoms with van der Waals surface area (Å²) in [7, 11) is -3.52. The highest BCUT2D eigenvalue weighted by atomic mass is 32.2. The molecule has 0 radical (unpaired) electrons. The van der Waals surface area contributed by atoms with Gasteiger partial charge in [-0.05, 0) is 17.7 Å². The Balaban J connectivity index is 1.44. The fraction of sp³-hybridized carbons (Fsp3) is 0.286. The Labute approximate surface area is 160 Å². The van der Waals surface area contributed by atoms with Crippen molar-refractivity contribution >= 4 is 20.9 Å². The van der Waals surface area contributed by atoms with E-state index in [1.165, 1.54) is 10.5 Å². The largest absolute Gasteiger partial charge is 0.332 e. The average Bonchev–Trinajstić information content (AvgIpc) is 2.73. The molecule has 1 aliphatic rings. The summed E-state index contributed by atoms with van der Waals surface area (Å²) in [5, 5.41) is 0.852. The minimum atomic E-state index is -3.52. The highest BCUT2D eigenvalue weighted by molar-refractivity contribution is 7.89. The van der Waals surface area contributed by atoms with Gasteiger partial charge in [-0.25, -0.2) is 8.42 Å². The first-order chi connectivity index (χ1) is 13.1. The van der Waals surface area contributed by atoms with Crippen LogP contribution < -0.4 is 4.90 Å². The highest BCUT2D eigenvalue weighted by Crippen LogP contribution is 2.23. The second-order valence-corrected chi connectivity index (χ2v) is 8.88. The van der Waals surface area contributed by atoms with Crippen LogP contribution in [0, 0.1) is 0 Å². The van der Waals surface area contributed by atoms with E-state index >= 15 is 0 Å². The van der Waals surface area contributed by atoms with Crippen LogP contribution >= 0.6 is 0 Å². The normalized spacial score (nSPS) is 16.6. The molecule has 1 aromatic heterocycles. The van der Waals surface area contributed by atoms with E-state index in [9.17, 15) is 8.42 Å². The molecule has 5 nitrogen and oxygen atoms in total. The lowest BCUT2D eigenvalue weighted by Crippen LogP contribution is -3.15. The molecule has 0 bridgehead atoms. The van der Waals surface area contributed by atoms with Crippen LogP contribution in [0.2, 0.25) is 0 Å². The molecule has 3 aromatic rings. The molecule has 1 N–H and O–H groups in total. The summed E-state index contributed by atoms with van der Waals surface area (Å²) in [6.07, 6.45) is 2.67. The van der Waals surface area contributed by atoms with E-state index in [1.807, 2.05) is 24.3 Å². The number of quaternary nitrogens is 1. The SMILES string of the molecule is O=S(=O)(c1cccc2cccnc12)N1CC[NH+](CCc2ccccc2)CC1. The van der Waals surface area contributed by atoms with E-state index in [0.717, 1.165) is 31.4 Å². The predicted molar refractivity (Wildman–Crippen MR) is 106 cm³/mol. The summed E-state index contributed by atoms with van der Waals surface area (Å²) in [6, 6.07) is 19.5. The number of nitrogens with one attached hydrogen (secondary N) is 1. The summed E-state index contributed by atoms with van der Waals surface area (Å²) in [6.45, 7) is 3.81. The minimum absolute atomic E-state index is 0.313. The molecule has 0 aliphatic carbocycles. The van der Waals surface area contributed by atoms with Gasteiger partial charge in [0.1, 0.15) is 4.90 Å².